The van der Waals surface area contributed by atoms with Crippen LogP contribution in [0.15, 0.2) is 217 Å². The molecule has 3 heteroatoms. The molecule has 0 bridgehead atoms. The van der Waals surface area contributed by atoms with E-state index in [-0.39, 0.29) is 5.78 Å². The molecule has 0 N–H and O–H groups in total. The van der Waals surface area contributed by atoms with Gasteiger partial charge in [0.1, 0.15) is 11.2 Å². The molecular weight excluding hydrogens is 719 g/mol. The maximum absolute atomic E-state index is 14.3. The molecule has 276 valence electrons. The number of carbonyl (C=O) groups excluding carboxylic acids is 1. The van der Waals surface area contributed by atoms with Gasteiger partial charge in [0.15, 0.2) is 5.78 Å². The van der Waals surface area contributed by atoms with Crippen LogP contribution in [0.2, 0.25) is 0 Å². The Morgan fingerprint density at radius 2 is 0.966 bits per heavy atom. The number of fused-ring (bicyclic) bond motifs is 8. The first-order valence-corrected chi connectivity index (χ1v) is 20.1. The first kappa shape index (κ1) is 33.4. The summed E-state index contributed by atoms with van der Waals surface area (Å²) >= 11 is 0. The van der Waals surface area contributed by atoms with E-state index >= 15 is 0 Å². The van der Waals surface area contributed by atoms with Crippen molar-refractivity contribution in [1.82, 2.24) is 4.57 Å². The molecule has 3 nitrogen and oxygen atoms in total. The highest BCUT2D eigenvalue weighted by Crippen LogP contribution is 2.52. The number of furan rings is 1. The maximum Gasteiger partial charge on any atom is 0.193 e. The smallest absolute Gasteiger partial charge is 0.193 e. The number of hydrogen-bond acceptors (Lipinski definition) is 2. The van der Waals surface area contributed by atoms with Crippen molar-refractivity contribution >= 4 is 49.5 Å². The standard InChI is InChI=1S/C56H35NO2/c58-54-47-22-10-12-25-49(47)56(39-15-4-1-5-16-39,40-17-6-2-7-18-40)50-33-36(28-32-48(50)54)37-27-31-45-46-24-14-23-42(55(46)59-53(45)35-37)38-29-30-44-43-21-11-13-26-51(43)57(52(44)34-38)41-19-8-3-9-20-41/h1-35H. The third-order valence-electron chi connectivity index (χ3n) is 12.5. The van der Waals surface area contributed by atoms with Gasteiger partial charge >= 0.3 is 0 Å². The van der Waals surface area contributed by atoms with Crippen LogP contribution in [0.3, 0.4) is 0 Å². The zero-order valence-corrected chi connectivity index (χ0v) is 32.0. The van der Waals surface area contributed by atoms with Crippen molar-refractivity contribution in [2.45, 2.75) is 5.41 Å². The van der Waals surface area contributed by atoms with Crippen molar-refractivity contribution in [3.63, 3.8) is 0 Å². The number of benzene rings is 9. The third-order valence-corrected chi connectivity index (χ3v) is 12.5. The van der Waals surface area contributed by atoms with Crippen LogP contribution in [-0.4, -0.2) is 10.4 Å². The Kier molecular flexibility index (Phi) is 7.29. The molecule has 0 unspecified atom stereocenters. The van der Waals surface area contributed by atoms with E-state index in [1.54, 1.807) is 0 Å². The predicted octanol–water partition coefficient (Wildman–Crippen LogP) is 13.9. The molecule has 59 heavy (non-hydrogen) atoms. The molecule has 0 radical (unpaired) electrons. The number of nitrogens with zero attached hydrogens (tertiary/aromatic N) is 1. The Morgan fingerprint density at radius 3 is 1.76 bits per heavy atom. The zero-order valence-electron chi connectivity index (χ0n) is 32.0. The summed E-state index contributed by atoms with van der Waals surface area (Å²) in [6.45, 7) is 0. The number of aromatic nitrogens is 1. The lowest BCUT2D eigenvalue weighted by molar-refractivity contribution is 0.103. The lowest BCUT2D eigenvalue weighted by Crippen LogP contribution is -2.38. The van der Waals surface area contributed by atoms with Crippen molar-refractivity contribution in [3.05, 3.63) is 246 Å². The van der Waals surface area contributed by atoms with E-state index in [9.17, 15) is 4.79 Å². The molecule has 0 aliphatic heterocycles. The van der Waals surface area contributed by atoms with E-state index in [1.165, 1.54) is 16.3 Å². The molecular formula is C56H35NO2. The molecule has 9 aromatic carbocycles. The van der Waals surface area contributed by atoms with E-state index in [2.05, 4.69) is 193 Å². The van der Waals surface area contributed by atoms with E-state index in [0.29, 0.717) is 0 Å². The monoisotopic (exact) mass is 753 g/mol. The number of rotatable bonds is 5. The molecule has 0 amide bonds. The summed E-state index contributed by atoms with van der Waals surface area (Å²) in [6.07, 6.45) is 0. The summed E-state index contributed by atoms with van der Waals surface area (Å²) in [5.41, 5.74) is 14.3. The SMILES string of the molecule is O=C1c2ccccc2C(c2ccccc2)(c2ccccc2)c2cc(-c3ccc4c(c3)oc3c(-c5ccc6c7ccccc7n(-c7ccccc7)c6c5)cccc34)ccc21. The Labute approximate surface area is 341 Å². The number of carbonyl (C=O) groups is 1. The number of hydrogen-bond donors (Lipinski definition) is 0. The highest BCUT2D eigenvalue weighted by Gasteiger charge is 2.46. The van der Waals surface area contributed by atoms with Gasteiger partial charge in [0.05, 0.1) is 16.4 Å². The summed E-state index contributed by atoms with van der Waals surface area (Å²) in [4.78, 5) is 14.3. The second-order valence-electron chi connectivity index (χ2n) is 15.5. The predicted molar refractivity (Wildman–Crippen MR) is 241 cm³/mol. The third kappa shape index (κ3) is 4.85. The highest BCUT2D eigenvalue weighted by molar-refractivity contribution is 6.15. The average molecular weight is 754 g/mol. The molecule has 0 atom stereocenters. The van der Waals surface area contributed by atoms with Crippen LogP contribution in [0.4, 0.5) is 0 Å². The fourth-order valence-electron chi connectivity index (χ4n) is 9.89. The molecule has 12 rings (SSSR count). The molecule has 0 spiro atoms. The topological polar surface area (TPSA) is 35.1 Å². The quantitative estimate of drug-likeness (QED) is 0.175. The van der Waals surface area contributed by atoms with Gasteiger partial charge in [-0.3, -0.25) is 4.79 Å². The van der Waals surface area contributed by atoms with Gasteiger partial charge in [-0.05, 0) is 81.4 Å². The van der Waals surface area contributed by atoms with E-state index in [1.807, 2.05) is 24.3 Å². The van der Waals surface area contributed by atoms with Crippen LogP contribution < -0.4 is 0 Å². The van der Waals surface area contributed by atoms with Crippen LogP contribution in [0, 0.1) is 0 Å². The van der Waals surface area contributed by atoms with Crippen molar-refractivity contribution in [1.29, 1.82) is 0 Å². The highest BCUT2D eigenvalue weighted by atomic mass is 16.3. The first-order valence-electron chi connectivity index (χ1n) is 20.1. The summed E-state index contributed by atoms with van der Waals surface area (Å²) < 4.78 is 9.24. The largest absolute Gasteiger partial charge is 0.455 e. The minimum absolute atomic E-state index is 0.0484. The molecule has 0 saturated carbocycles. The Hall–Kier alpha value is -7.75. The minimum Gasteiger partial charge on any atom is -0.455 e. The fraction of sp³-hybridized carbons (Fsp3) is 0.0179. The van der Waals surface area contributed by atoms with Gasteiger partial charge in [-0.15, -0.1) is 0 Å². The summed E-state index contributed by atoms with van der Waals surface area (Å²) in [7, 11) is 0. The maximum atomic E-state index is 14.3. The summed E-state index contributed by atoms with van der Waals surface area (Å²) in [5, 5.41) is 4.59. The van der Waals surface area contributed by atoms with Gasteiger partial charge in [-0.2, -0.15) is 0 Å². The molecule has 2 heterocycles. The zero-order chi connectivity index (χ0) is 39.1. The Bertz CT molecular complexity index is 3410. The van der Waals surface area contributed by atoms with Gasteiger partial charge < -0.3 is 8.98 Å². The van der Waals surface area contributed by atoms with Crippen LogP contribution in [0.1, 0.15) is 38.2 Å². The normalized spacial score (nSPS) is 13.3. The molecule has 2 aromatic heterocycles. The lowest BCUT2D eigenvalue weighted by atomic mass is 9.59. The van der Waals surface area contributed by atoms with Crippen molar-refractivity contribution in [2.24, 2.45) is 0 Å². The fourth-order valence-corrected chi connectivity index (χ4v) is 9.89. The van der Waals surface area contributed by atoms with E-state index in [0.717, 1.165) is 88.8 Å². The second kappa shape index (κ2) is 12.9. The molecule has 0 saturated heterocycles. The number of ketones is 1. The molecule has 0 fully saturated rings. The van der Waals surface area contributed by atoms with Crippen LogP contribution in [-0.2, 0) is 5.41 Å². The number of para-hydroxylation sites is 3. The van der Waals surface area contributed by atoms with Crippen LogP contribution in [0.5, 0.6) is 0 Å². The average Bonchev–Trinajstić information content (AvgIpc) is 3.85. The van der Waals surface area contributed by atoms with Gasteiger partial charge in [0.2, 0.25) is 0 Å². The minimum atomic E-state index is -0.704. The summed E-state index contributed by atoms with van der Waals surface area (Å²) in [5.74, 6) is 0.0484. The Morgan fingerprint density at radius 1 is 0.390 bits per heavy atom. The lowest BCUT2D eigenvalue weighted by Gasteiger charge is -2.42. The molecule has 1 aliphatic carbocycles. The summed E-state index contributed by atoms with van der Waals surface area (Å²) in [6, 6.07) is 74.6. The van der Waals surface area contributed by atoms with Gasteiger partial charge in [0.25, 0.3) is 0 Å². The van der Waals surface area contributed by atoms with Crippen molar-refractivity contribution < 1.29 is 9.21 Å². The second-order valence-corrected chi connectivity index (χ2v) is 15.5. The van der Waals surface area contributed by atoms with E-state index in [4.69, 9.17) is 4.42 Å². The van der Waals surface area contributed by atoms with Gasteiger partial charge in [-0.25, -0.2) is 0 Å². The van der Waals surface area contributed by atoms with Crippen molar-refractivity contribution in [2.75, 3.05) is 0 Å². The van der Waals surface area contributed by atoms with Crippen LogP contribution >= 0.6 is 0 Å². The van der Waals surface area contributed by atoms with Crippen LogP contribution in [0.25, 0.3) is 71.7 Å². The van der Waals surface area contributed by atoms with Crippen molar-refractivity contribution in [3.8, 4) is 27.9 Å². The Balaban J connectivity index is 1.03. The molecule has 1 aliphatic rings. The van der Waals surface area contributed by atoms with Gasteiger partial charge in [-0.1, -0.05) is 170 Å². The van der Waals surface area contributed by atoms with Gasteiger partial charge in [0, 0.05) is 43.9 Å². The van der Waals surface area contributed by atoms with E-state index < -0.39 is 5.41 Å². The molecule has 11 aromatic rings. The first-order chi connectivity index (χ1) is 29.2.